The van der Waals surface area contributed by atoms with Crippen LogP contribution in [0.25, 0.3) is 16.9 Å². The number of carbonyl (C=O) groups excluding carboxylic acids is 1. The highest BCUT2D eigenvalue weighted by molar-refractivity contribution is 6.04. The van der Waals surface area contributed by atoms with E-state index in [2.05, 4.69) is 29.4 Å². The number of carbonyl (C=O) groups is 1. The fourth-order valence-corrected chi connectivity index (χ4v) is 3.06. The summed E-state index contributed by atoms with van der Waals surface area (Å²) in [4.78, 5) is 19.1. The topological polar surface area (TPSA) is 49.6 Å². The van der Waals surface area contributed by atoms with E-state index >= 15 is 0 Å². The zero-order valence-electron chi connectivity index (χ0n) is 16.2. The fourth-order valence-electron chi connectivity index (χ4n) is 3.06. The van der Waals surface area contributed by atoms with E-state index in [0.717, 1.165) is 28.3 Å². The SMILES string of the molecule is Cc1ccn2cc(-c3ccc(NC(=O)c4ccc(N(C)C)cc4)cc3)nc2c1. The summed E-state index contributed by atoms with van der Waals surface area (Å²) < 4.78 is 2.01. The Bertz CT molecular complexity index is 1130. The predicted octanol–water partition coefficient (Wildman–Crippen LogP) is 4.63. The van der Waals surface area contributed by atoms with Crippen molar-refractivity contribution in [2.45, 2.75) is 6.92 Å². The Morgan fingerprint density at radius 2 is 1.71 bits per heavy atom. The molecule has 5 heteroatoms. The maximum absolute atomic E-state index is 12.5. The Hall–Kier alpha value is -3.60. The number of imidazole rings is 1. The quantitative estimate of drug-likeness (QED) is 0.570. The number of nitrogens with zero attached hydrogens (tertiary/aromatic N) is 3. The molecule has 1 N–H and O–H groups in total. The van der Waals surface area contributed by atoms with Gasteiger partial charge >= 0.3 is 0 Å². The summed E-state index contributed by atoms with van der Waals surface area (Å²) in [6, 6.07) is 19.4. The molecule has 4 rings (SSSR count). The van der Waals surface area contributed by atoms with Crippen molar-refractivity contribution in [1.29, 1.82) is 0 Å². The van der Waals surface area contributed by atoms with Gasteiger partial charge in [-0.15, -0.1) is 0 Å². The van der Waals surface area contributed by atoms with Gasteiger partial charge in [-0.05, 0) is 61.0 Å². The number of benzene rings is 2. The second-order valence-corrected chi connectivity index (χ2v) is 7.07. The van der Waals surface area contributed by atoms with Gasteiger partial charge in [-0.3, -0.25) is 4.79 Å². The number of hydrogen-bond acceptors (Lipinski definition) is 3. The van der Waals surface area contributed by atoms with Crippen LogP contribution in [-0.4, -0.2) is 29.4 Å². The molecule has 5 nitrogen and oxygen atoms in total. The molecule has 140 valence electrons. The van der Waals surface area contributed by atoms with Gasteiger partial charge in [-0.25, -0.2) is 4.98 Å². The average molecular weight is 370 g/mol. The van der Waals surface area contributed by atoms with Crippen molar-refractivity contribution in [2.24, 2.45) is 0 Å². The summed E-state index contributed by atoms with van der Waals surface area (Å²) in [5, 5.41) is 2.94. The van der Waals surface area contributed by atoms with E-state index in [1.54, 1.807) is 0 Å². The van der Waals surface area contributed by atoms with Crippen LogP contribution in [0.4, 0.5) is 11.4 Å². The molecule has 0 saturated carbocycles. The molecular formula is C23H22N4O. The fraction of sp³-hybridized carbons (Fsp3) is 0.130. The highest BCUT2D eigenvalue weighted by Gasteiger charge is 2.08. The minimum atomic E-state index is -0.124. The molecule has 2 heterocycles. The maximum Gasteiger partial charge on any atom is 0.255 e. The predicted molar refractivity (Wildman–Crippen MR) is 114 cm³/mol. The molecule has 0 aliphatic carbocycles. The average Bonchev–Trinajstić information content (AvgIpc) is 3.11. The number of hydrogen-bond donors (Lipinski definition) is 1. The Morgan fingerprint density at radius 3 is 2.39 bits per heavy atom. The minimum Gasteiger partial charge on any atom is -0.378 e. The van der Waals surface area contributed by atoms with Crippen molar-refractivity contribution in [3.05, 3.63) is 84.2 Å². The van der Waals surface area contributed by atoms with Crippen LogP contribution in [0.5, 0.6) is 0 Å². The lowest BCUT2D eigenvalue weighted by atomic mass is 10.1. The molecule has 2 aromatic carbocycles. The number of nitrogens with one attached hydrogen (secondary N) is 1. The van der Waals surface area contributed by atoms with E-state index < -0.39 is 0 Å². The molecule has 4 aromatic rings. The van der Waals surface area contributed by atoms with Crippen LogP contribution >= 0.6 is 0 Å². The van der Waals surface area contributed by atoms with Gasteiger partial charge in [-0.2, -0.15) is 0 Å². The van der Waals surface area contributed by atoms with Gasteiger partial charge in [0.15, 0.2) is 0 Å². The van der Waals surface area contributed by atoms with Gasteiger partial charge in [0.1, 0.15) is 5.65 Å². The summed E-state index contributed by atoms with van der Waals surface area (Å²) in [5.74, 6) is -0.124. The third-order valence-corrected chi connectivity index (χ3v) is 4.70. The molecule has 2 aromatic heterocycles. The monoisotopic (exact) mass is 370 g/mol. The molecule has 0 bridgehead atoms. The number of anilines is 2. The molecule has 0 atom stereocenters. The summed E-state index contributed by atoms with van der Waals surface area (Å²) in [7, 11) is 3.95. The number of aryl methyl sites for hydroxylation is 1. The third kappa shape index (κ3) is 3.60. The van der Waals surface area contributed by atoms with Gasteiger partial charge in [-0.1, -0.05) is 12.1 Å². The Labute approximate surface area is 164 Å². The first-order valence-electron chi connectivity index (χ1n) is 9.14. The molecule has 0 aliphatic rings. The normalized spacial score (nSPS) is 10.8. The molecule has 0 radical (unpaired) electrons. The number of pyridine rings is 1. The summed E-state index contributed by atoms with van der Waals surface area (Å²) in [6.07, 6.45) is 4.02. The molecule has 0 unspecified atom stereocenters. The Kier molecular flexibility index (Phi) is 4.57. The molecule has 0 spiro atoms. The van der Waals surface area contributed by atoms with Crippen molar-refractivity contribution in [3.63, 3.8) is 0 Å². The molecule has 0 saturated heterocycles. The zero-order valence-corrected chi connectivity index (χ0v) is 16.2. The lowest BCUT2D eigenvalue weighted by Gasteiger charge is -2.12. The number of fused-ring (bicyclic) bond motifs is 1. The molecule has 0 aliphatic heterocycles. The third-order valence-electron chi connectivity index (χ3n) is 4.70. The molecule has 28 heavy (non-hydrogen) atoms. The van der Waals surface area contributed by atoms with Crippen LogP contribution < -0.4 is 10.2 Å². The zero-order chi connectivity index (χ0) is 19.7. The van der Waals surface area contributed by atoms with E-state index in [0.29, 0.717) is 5.56 Å². The van der Waals surface area contributed by atoms with Crippen molar-refractivity contribution < 1.29 is 4.79 Å². The van der Waals surface area contributed by atoms with E-state index in [1.165, 1.54) is 5.56 Å². The highest BCUT2D eigenvalue weighted by atomic mass is 16.1. The highest BCUT2D eigenvalue weighted by Crippen LogP contribution is 2.22. The van der Waals surface area contributed by atoms with Crippen molar-refractivity contribution in [2.75, 3.05) is 24.3 Å². The maximum atomic E-state index is 12.5. The minimum absolute atomic E-state index is 0.124. The number of aromatic nitrogens is 2. The van der Waals surface area contributed by atoms with E-state index in [-0.39, 0.29) is 5.91 Å². The van der Waals surface area contributed by atoms with Crippen LogP contribution in [-0.2, 0) is 0 Å². The van der Waals surface area contributed by atoms with E-state index in [1.807, 2.05) is 84.3 Å². The van der Waals surface area contributed by atoms with Crippen LogP contribution in [0, 0.1) is 6.92 Å². The van der Waals surface area contributed by atoms with Crippen LogP contribution in [0.1, 0.15) is 15.9 Å². The first-order valence-corrected chi connectivity index (χ1v) is 9.14. The second-order valence-electron chi connectivity index (χ2n) is 7.07. The largest absolute Gasteiger partial charge is 0.378 e. The Balaban J connectivity index is 1.50. The van der Waals surface area contributed by atoms with Gasteiger partial charge in [0.25, 0.3) is 5.91 Å². The van der Waals surface area contributed by atoms with Crippen LogP contribution in [0.3, 0.4) is 0 Å². The van der Waals surface area contributed by atoms with Crippen LogP contribution in [0.15, 0.2) is 73.1 Å². The lowest BCUT2D eigenvalue weighted by molar-refractivity contribution is 0.102. The van der Waals surface area contributed by atoms with Gasteiger partial charge in [0.05, 0.1) is 5.69 Å². The van der Waals surface area contributed by atoms with Crippen molar-refractivity contribution in [3.8, 4) is 11.3 Å². The summed E-state index contributed by atoms with van der Waals surface area (Å²) >= 11 is 0. The van der Waals surface area contributed by atoms with Gasteiger partial charge in [0.2, 0.25) is 0 Å². The van der Waals surface area contributed by atoms with Crippen molar-refractivity contribution in [1.82, 2.24) is 9.38 Å². The van der Waals surface area contributed by atoms with Gasteiger partial charge in [0, 0.05) is 49.0 Å². The van der Waals surface area contributed by atoms with Gasteiger partial charge < -0.3 is 14.6 Å². The second kappa shape index (κ2) is 7.19. The lowest BCUT2D eigenvalue weighted by Crippen LogP contribution is -2.13. The van der Waals surface area contributed by atoms with Crippen molar-refractivity contribution >= 4 is 22.9 Å². The smallest absolute Gasteiger partial charge is 0.255 e. The standard InChI is InChI=1S/C23H22N4O/c1-16-12-13-27-15-21(25-22(27)14-16)17-4-8-19(9-5-17)24-23(28)18-6-10-20(11-7-18)26(2)3/h4-15H,1-3H3,(H,24,28). The summed E-state index contributed by atoms with van der Waals surface area (Å²) in [6.45, 7) is 2.06. The number of rotatable bonds is 4. The summed E-state index contributed by atoms with van der Waals surface area (Å²) in [5.41, 5.74) is 6.46. The first kappa shape index (κ1) is 17.8. The van der Waals surface area contributed by atoms with E-state index in [4.69, 9.17) is 0 Å². The Morgan fingerprint density at radius 1 is 1.00 bits per heavy atom. The molecule has 0 fully saturated rings. The number of amides is 1. The van der Waals surface area contributed by atoms with E-state index in [9.17, 15) is 4.79 Å². The molecular weight excluding hydrogens is 348 g/mol. The van der Waals surface area contributed by atoms with Crippen LogP contribution in [0.2, 0.25) is 0 Å². The first-order chi connectivity index (χ1) is 13.5. The molecule has 1 amide bonds.